The Hall–Kier alpha value is -4.01. The number of rotatable bonds is 8. The Labute approximate surface area is 229 Å². The van der Waals surface area contributed by atoms with Gasteiger partial charge in [-0.05, 0) is 57.5 Å². The van der Waals surface area contributed by atoms with Crippen LogP contribution in [0.25, 0.3) is 10.8 Å². The number of carbonyl (C=O) groups excluding carboxylic acids is 2. The third-order valence-electron chi connectivity index (χ3n) is 6.09. The van der Waals surface area contributed by atoms with Gasteiger partial charge in [0, 0.05) is 34.0 Å². The average Bonchev–Trinajstić information content (AvgIpc) is 2.87. The van der Waals surface area contributed by atoms with Gasteiger partial charge in [0.15, 0.2) is 0 Å². The highest BCUT2D eigenvalue weighted by molar-refractivity contribution is 7.89. The Morgan fingerprint density at radius 3 is 2.10 bits per heavy atom. The molecule has 0 bridgehead atoms. The Kier molecular flexibility index (Phi) is 8.18. The Bertz CT molecular complexity index is 1590. The molecular weight excluding hydrogens is 510 g/mol. The van der Waals surface area contributed by atoms with Crippen molar-refractivity contribution >= 4 is 38.3 Å². The maximum Gasteiger partial charge on any atom is 0.251 e. The fourth-order valence-electron chi connectivity index (χ4n) is 4.31. The molecule has 0 saturated carbocycles. The summed E-state index contributed by atoms with van der Waals surface area (Å²) in [5, 5.41) is 6.86. The van der Waals surface area contributed by atoms with Gasteiger partial charge in [0.25, 0.3) is 5.91 Å². The van der Waals surface area contributed by atoms with Crippen LogP contribution in [-0.2, 0) is 21.2 Å². The van der Waals surface area contributed by atoms with Crippen molar-refractivity contribution in [3.8, 4) is 0 Å². The van der Waals surface area contributed by atoms with Crippen LogP contribution in [0.3, 0.4) is 0 Å². The van der Waals surface area contributed by atoms with Gasteiger partial charge in [-0.3, -0.25) is 9.59 Å². The quantitative estimate of drug-likeness (QED) is 0.284. The van der Waals surface area contributed by atoms with Crippen molar-refractivity contribution in [3.05, 3.63) is 108 Å². The third kappa shape index (κ3) is 7.10. The standard InChI is InChI=1S/C31H33N3O4S/c1-21-16-18-23(19-17-21)29(35)33-27(20-22-10-6-5-7-11-22)30(36)32-26-14-8-13-25-24(26)12-9-15-28(25)39(37,38)34-31(2,3)4/h5-19,27,34H,20H2,1-4H3,(H,32,36)(H,33,35). The maximum atomic E-state index is 13.6. The van der Waals surface area contributed by atoms with Crippen molar-refractivity contribution in [1.29, 1.82) is 0 Å². The number of sulfonamides is 1. The van der Waals surface area contributed by atoms with Crippen LogP contribution in [0, 0.1) is 6.92 Å². The smallest absolute Gasteiger partial charge is 0.251 e. The molecule has 0 fully saturated rings. The molecule has 0 aromatic heterocycles. The first-order valence-corrected chi connectivity index (χ1v) is 14.2. The molecule has 1 unspecified atom stereocenters. The van der Waals surface area contributed by atoms with Gasteiger partial charge in [-0.1, -0.05) is 72.3 Å². The van der Waals surface area contributed by atoms with E-state index in [0.29, 0.717) is 22.0 Å². The summed E-state index contributed by atoms with van der Waals surface area (Å²) in [4.78, 5) is 26.7. The van der Waals surface area contributed by atoms with Gasteiger partial charge in [-0.15, -0.1) is 0 Å². The van der Waals surface area contributed by atoms with Gasteiger partial charge in [0.2, 0.25) is 15.9 Å². The number of anilines is 1. The highest BCUT2D eigenvalue weighted by Crippen LogP contribution is 2.29. The van der Waals surface area contributed by atoms with Gasteiger partial charge in [0.1, 0.15) is 6.04 Å². The molecule has 0 spiro atoms. The molecule has 39 heavy (non-hydrogen) atoms. The average molecular weight is 544 g/mol. The van der Waals surface area contributed by atoms with Crippen LogP contribution in [0.2, 0.25) is 0 Å². The highest BCUT2D eigenvalue weighted by Gasteiger charge is 2.26. The Morgan fingerprint density at radius 2 is 1.44 bits per heavy atom. The molecule has 8 heteroatoms. The van der Waals surface area contributed by atoms with E-state index in [4.69, 9.17) is 0 Å². The van der Waals surface area contributed by atoms with Crippen molar-refractivity contribution in [2.45, 2.75) is 50.6 Å². The number of carbonyl (C=O) groups is 2. The molecule has 4 aromatic carbocycles. The lowest BCUT2D eigenvalue weighted by atomic mass is 10.0. The van der Waals surface area contributed by atoms with E-state index in [2.05, 4.69) is 15.4 Å². The van der Waals surface area contributed by atoms with E-state index in [-0.39, 0.29) is 17.2 Å². The zero-order valence-electron chi connectivity index (χ0n) is 22.5. The fraction of sp³-hybridized carbons (Fsp3) is 0.226. The van der Waals surface area contributed by atoms with E-state index in [1.807, 2.05) is 49.4 Å². The predicted octanol–water partition coefficient (Wildman–Crippen LogP) is 5.20. The predicted molar refractivity (Wildman–Crippen MR) is 155 cm³/mol. The Morgan fingerprint density at radius 1 is 0.795 bits per heavy atom. The lowest BCUT2D eigenvalue weighted by molar-refractivity contribution is -0.118. The second-order valence-electron chi connectivity index (χ2n) is 10.6. The van der Waals surface area contributed by atoms with E-state index in [1.54, 1.807) is 69.3 Å². The molecule has 0 aliphatic carbocycles. The topological polar surface area (TPSA) is 104 Å². The van der Waals surface area contributed by atoms with E-state index in [1.165, 1.54) is 0 Å². The monoisotopic (exact) mass is 543 g/mol. The molecule has 7 nitrogen and oxygen atoms in total. The molecule has 0 heterocycles. The fourth-order valence-corrected chi connectivity index (χ4v) is 5.95. The van der Waals surface area contributed by atoms with E-state index in [0.717, 1.165) is 11.1 Å². The normalized spacial score (nSPS) is 12.6. The van der Waals surface area contributed by atoms with Gasteiger partial charge < -0.3 is 10.6 Å². The summed E-state index contributed by atoms with van der Waals surface area (Å²) in [6, 6.07) is 25.8. The first kappa shape index (κ1) is 28.0. The van der Waals surface area contributed by atoms with Crippen LogP contribution in [0.1, 0.15) is 42.3 Å². The number of hydrogen-bond donors (Lipinski definition) is 3. The summed E-state index contributed by atoms with van der Waals surface area (Å²) in [7, 11) is -3.82. The number of fused-ring (bicyclic) bond motifs is 1. The van der Waals surface area contributed by atoms with E-state index >= 15 is 0 Å². The minimum Gasteiger partial charge on any atom is -0.340 e. The summed E-state index contributed by atoms with van der Waals surface area (Å²) in [5.41, 5.74) is 2.17. The molecule has 1 atom stereocenters. The number of benzene rings is 4. The molecular formula is C31H33N3O4S. The molecule has 202 valence electrons. The van der Waals surface area contributed by atoms with Gasteiger partial charge in [0.05, 0.1) is 4.90 Å². The van der Waals surface area contributed by atoms with Crippen LogP contribution in [0.4, 0.5) is 5.69 Å². The summed E-state index contributed by atoms with van der Waals surface area (Å²) in [6.07, 6.45) is 0.282. The third-order valence-corrected chi connectivity index (χ3v) is 7.90. The maximum absolute atomic E-state index is 13.6. The van der Waals surface area contributed by atoms with Crippen molar-refractivity contribution < 1.29 is 18.0 Å². The SMILES string of the molecule is Cc1ccc(C(=O)NC(Cc2ccccc2)C(=O)Nc2cccc3c(S(=O)(=O)NC(C)(C)C)cccc23)cc1. The summed E-state index contributed by atoms with van der Waals surface area (Å²) in [6.45, 7) is 7.27. The molecule has 0 radical (unpaired) electrons. The number of hydrogen-bond acceptors (Lipinski definition) is 4. The van der Waals surface area contributed by atoms with Gasteiger partial charge in [-0.25, -0.2) is 13.1 Å². The van der Waals surface area contributed by atoms with E-state index in [9.17, 15) is 18.0 Å². The zero-order chi connectivity index (χ0) is 28.2. The van der Waals surface area contributed by atoms with Crippen molar-refractivity contribution in [3.63, 3.8) is 0 Å². The lowest BCUT2D eigenvalue weighted by Crippen LogP contribution is -2.45. The summed E-state index contributed by atoms with van der Waals surface area (Å²) >= 11 is 0. The second-order valence-corrected chi connectivity index (χ2v) is 12.2. The van der Waals surface area contributed by atoms with Crippen LogP contribution in [-0.4, -0.2) is 31.8 Å². The van der Waals surface area contributed by atoms with Crippen LogP contribution in [0.5, 0.6) is 0 Å². The van der Waals surface area contributed by atoms with Crippen molar-refractivity contribution in [1.82, 2.24) is 10.0 Å². The van der Waals surface area contributed by atoms with Crippen molar-refractivity contribution in [2.24, 2.45) is 0 Å². The zero-order valence-corrected chi connectivity index (χ0v) is 23.3. The molecule has 4 rings (SSSR count). The summed E-state index contributed by atoms with van der Waals surface area (Å²) < 4.78 is 29.0. The first-order chi connectivity index (χ1) is 18.4. The number of amides is 2. The minimum absolute atomic E-state index is 0.125. The van der Waals surface area contributed by atoms with Crippen LogP contribution in [0.15, 0.2) is 95.9 Å². The van der Waals surface area contributed by atoms with Gasteiger partial charge in [-0.2, -0.15) is 0 Å². The van der Waals surface area contributed by atoms with Gasteiger partial charge >= 0.3 is 0 Å². The molecule has 3 N–H and O–H groups in total. The second kappa shape index (κ2) is 11.4. The molecule has 4 aromatic rings. The molecule has 0 aliphatic rings. The summed E-state index contributed by atoms with van der Waals surface area (Å²) in [5.74, 6) is -0.765. The number of nitrogens with one attached hydrogen (secondary N) is 3. The highest BCUT2D eigenvalue weighted by atomic mass is 32.2. The lowest BCUT2D eigenvalue weighted by Gasteiger charge is -2.22. The Balaban J connectivity index is 1.65. The largest absolute Gasteiger partial charge is 0.340 e. The minimum atomic E-state index is -3.82. The first-order valence-electron chi connectivity index (χ1n) is 12.7. The van der Waals surface area contributed by atoms with Crippen LogP contribution < -0.4 is 15.4 Å². The van der Waals surface area contributed by atoms with Crippen molar-refractivity contribution in [2.75, 3.05) is 5.32 Å². The molecule has 0 aliphatic heterocycles. The number of aryl methyl sites for hydroxylation is 1. The molecule has 2 amide bonds. The van der Waals surface area contributed by atoms with E-state index < -0.39 is 27.5 Å². The van der Waals surface area contributed by atoms with Crippen LogP contribution >= 0.6 is 0 Å². The molecule has 0 saturated heterocycles.